The van der Waals surface area contributed by atoms with Gasteiger partial charge in [0.1, 0.15) is 5.82 Å². The molecule has 2 N–H and O–H groups in total. The minimum Gasteiger partial charge on any atom is -0.396 e. The summed E-state index contributed by atoms with van der Waals surface area (Å²) in [5.74, 6) is -0.220. The average molecular weight is 337 g/mol. The zero-order valence-electron chi connectivity index (χ0n) is 14.6. The van der Waals surface area contributed by atoms with Gasteiger partial charge in [0.2, 0.25) is 0 Å². The quantitative estimate of drug-likeness (QED) is 0.784. The smallest absolute Gasteiger partial charge is 0.317 e. The van der Waals surface area contributed by atoms with Gasteiger partial charge in [-0.05, 0) is 30.4 Å². The Morgan fingerprint density at radius 3 is 2.54 bits per heavy atom. The summed E-state index contributed by atoms with van der Waals surface area (Å²) in [5, 5.41) is 12.1. The Hall–Kier alpha value is -1.82. The van der Waals surface area contributed by atoms with Crippen molar-refractivity contribution in [3.63, 3.8) is 0 Å². The number of para-hydroxylation sites is 1. The van der Waals surface area contributed by atoms with Crippen LogP contribution in [0.1, 0.15) is 26.7 Å². The van der Waals surface area contributed by atoms with Crippen molar-refractivity contribution in [2.45, 2.75) is 26.7 Å². The minimum atomic E-state index is -0.220. The highest BCUT2D eigenvalue weighted by Gasteiger charge is 2.22. The average Bonchev–Trinajstić information content (AvgIpc) is 2.59. The van der Waals surface area contributed by atoms with Crippen molar-refractivity contribution in [1.29, 1.82) is 0 Å². The number of benzene rings is 1. The maximum Gasteiger partial charge on any atom is 0.317 e. The second-order valence-electron chi connectivity index (χ2n) is 7.08. The lowest BCUT2D eigenvalue weighted by molar-refractivity contribution is 0.147. The molecule has 0 aliphatic carbocycles. The van der Waals surface area contributed by atoms with Gasteiger partial charge in [-0.25, -0.2) is 9.18 Å². The number of carbonyl (C=O) groups excluding carboxylic acids is 1. The fourth-order valence-corrected chi connectivity index (χ4v) is 2.81. The Kier molecular flexibility index (Phi) is 6.43. The summed E-state index contributed by atoms with van der Waals surface area (Å²) < 4.78 is 13.8. The number of aliphatic hydroxyl groups is 1. The van der Waals surface area contributed by atoms with Crippen LogP contribution in [0.25, 0.3) is 0 Å². The van der Waals surface area contributed by atoms with Crippen molar-refractivity contribution >= 4 is 11.7 Å². The molecule has 0 atom stereocenters. The number of halogens is 1. The van der Waals surface area contributed by atoms with Crippen molar-refractivity contribution in [1.82, 2.24) is 10.2 Å². The number of amides is 2. The number of hydrogen-bond acceptors (Lipinski definition) is 3. The minimum absolute atomic E-state index is 0.0648. The SMILES string of the molecule is CC(C)(CO)CCCNC(=O)N1CCN(c2ccccc2F)CC1. The van der Waals surface area contributed by atoms with Gasteiger partial charge in [0.05, 0.1) is 5.69 Å². The second kappa shape index (κ2) is 8.33. The van der Waals surface area contributed by atoms with Gasteiger partial charge in [0.25, 0.3) is 0 Å². The van der Waals surface area contributed by atoms with Crippen LogP contribution in [0.15, 0.2) is 24.3 Å². The first kappa shape index (κ1) is 18.5. The van der Waals surface area contributed by atoms with Gasteiger partial charge in [0.15, 0.2) is 0 Å². The molecule has 2 amide bonds. The molecular weight excluding hydrogens is 309 g/mol. The summed E-state index contributed by atoms with van der Waals surface area (Å²) in [6.45, 7) is 7.21. The van der Waals surface area contributed by atoms with Crippen LogP contribution in [0.2, 0.25) is 0 Å². The third-order valence-electron chi connectivity index (χ3n) is 4.49. The molecule has 1 aliphatic heterocycles. The third kappa shape index (κ3) is 5.09. The maximum atomic E-state index is 13.8. The van der Waals surface area contributed by atoms with Crippen molar-refractivity contribution in [3.05, 3.63) is 30.1 Å². The van der Waals surface area contributed by atoms with Gasteiger partial charge in [-0.15, -0.1) is 0 Å². The molecule has 0 radical (unpaired) electrons. The van der Waals surface area contributed by atoms with Crippen LogP contribution in [0.3, 0.4) is 0 Å². The van der Waals surface area contributed by atoms with Crippen LogP contribution in [0.4, 0.5) is 14.9 Å². The van der Waals surface area contributed by atoms with E-state index < -0.39 is 0 Å². The normalized spacial score (nSPS) is 15.5. The molecule has 1 aromatic carbocycles. The fourth-order valence-electron chi connectivity index (χ4n) is 2.81. The topological polar surface area (TPSA) is 55.8 Å². The van der Waals surface area contributed by atoms with Crippen LogP contribution in [0, 0.1) is 11.2 Å². The molecule has 1 heterocycles. The highest BCUT2D eigenvalue weighted by molar-refractivity contribution is 5.74. The molecule has 1 saturated heterocycles. The summed E-state index contributed by atoms with van der Waals surface area (Å²) in [5.41, 5.74) is 0.500. The van der Waals surface area contributed by atoms with E-state index in [0.29, 0.717) is 38.4 Å². The lowest BCUT2D eigenvalue weighted by Gasteiger charge is -2.36. The Morgan fingerprint density at radius 2 is 1.92 bits per heavy atom. The Labute approximate surface area is 143 Å². The number of hydrogen-bond donors (Lipinski definition) is 2. The summed E-state index contributed by atoms with van der Waals surface area (Å²) in [6.07, 6.45) is 1.71. The lowest BCUT2D eigenvalue weighted by Crippen LogP contribution is -2.52. The van der Waals surface area contributed by atoms with E-state index in [9.17, 15) is 14.3 Å². The van der Waals surface area contributed by atoms with E-state index in [1.165, 1.54) is 6.07 Å². The van der Waals surface area contributed by atoms with Crippen LogP contribution >= 0.6 is 0 Å². The van der Waals surface area contributed by atoms with E-state index in [1.807, 2.05) is 24.8 Å². The van der Waals surface area contributed by atoms with Gasteiger partial charge in [-0.1, -0.05) is 26.0 Å². The first-order valence-electron chi connectivity index (χ1n) is 8.56. The van der Waals surface area contributed by atoms with E-state index in [1.54, 1.807) is 17.0 Å². The van der Waals surface area contributed by atoms with E-state index in [2.05, 4.69) is 5.32 Å². The van der Waals surface area contributed by atoms with Gasteiger partial charge in [-0.3, -0.25) is 0 Å². The van der Waals surface area contributed by atoms with Crippen molar-refractivity contribution < 1.29 is 14.3 Å². The number of rotatable bonds is 6. The van der Waals surface area contributed by atoms with Crippen molar-refractivity contribution in [3.8, 4) is 0 Å². The number of piperazine rings is 1. The molecular formula is C18H28FN3O2. The second-order valence-corrected chi connectivity index (χ2v) is 7.08. The number of aliphatic hydroxyl groups excluding tert-OH is 1. The zero-order valence-corrected chi connectivity index (χ0v) is 14.6. The van der Waals surface area contributed by atoms with E-state index in [0.717, 1.165) is 12.8 Å². The van der Waals surface area contributed by atoms with Crippen molar-refractivity contribution in [2.75, 3.05) is 44.2 Å². The van der Waals surface area contributed by atoms with Crippen LogP contribution in [0.5, 0.6) is 0 Å². The zero-order chi connectivity index (χ0) is 17.6. The standard InChI is InChI=1S/C18H28FN3O2/c1-18(2,14-23)8-5-9-20-17(24)22-12-10-21(11-13-22)16-7-4-3-6-15(16)19/h3-4,6-7,23H,5,8-14H2,1-2H3,(H,20,24). The van der Waals surface area contributed by atoms with Crippen LogP contribution in [-0.2, 0) is 0 Å². The summed E-state index contributed by atoms with van der Waals surface area (Å²) in [6, 6.07) is 6.67. The van der Waals surface area contributed by atoms with Gasteiger partial charge in [-0.2, -0.15) is 0 Å². The van der Waals surface area contributed by atoms with Gasteiger partial charge in [0, 0.05) is 39.3 Å². The maximum absolute atomic E-state index is 13.8. The molecule has 0 spiro atoms. The first-order chi connectivity index (χ1) is 11.4. The molecule has 134 valence electrons. The van der Waals surface area contributed by atoms with E-state index in [-0.39, 0.29) is 23.9 Å². The molecule has 24 heavy (non-hydrogen) atoms. The molecule has 0 aromatic heterocycles. The third-order valence-corrected chi connectivity index (χ3v) is 4.49. The highest BCUT2D eigenvalue weighted by atomic mass is 19.1. The Bertz CT molecular complexity index is 543. The molecule has 1 fully saturated rings. The fraction of sp³-hybridized carbons (Fsp3) is 0.611. The largest absolute Gasteiger partial charge is 0.396 e. The number of nitrogens with zero attached hydrogens (tertiary/aromatic N) is 2. The Balaban J connectivity index is 1.72. The lowest BCUT2D eigenvalue weighted by atomic mass is 9.89. The molecule has 0 saturated carbocycles. The molecule has 2 rings (SSSR count). The summed E-state index contributed by atoms with van der Waals surface area (Å²) in [7, 11) is 0. The molecule has 6 heteroatoms. The molecule has 0 unspecified atom stereocenters. The van der Waals surface area contributed by atoms with Gasteiger partial charge < -0.3 is 20.2 Å². The van der Waals surface area contributed by atoms with Crippen LogP contribution in [-0.4, -0.2) is 55.4 Å². The predicted molar refractivity (Wildman–Crippen MR) is 93.7 cm³/mol. The van der Waals surface area contributed by atoms with Crippen molar-refractivity contribution in [2.24, 2.45) is 5.41 Å². The van der Waals surface area contributed by atoms with E-state index in [4.69, 9.17) is 0 Å². The Morgan fingerprint density at radius 1 is 1.25 bits per heavy atom. The molecule has 5 nitrogen and oxygen atoms in total. The van der Waals surface area contributed by atoms with E-state index >= 15 is 0 Å². The molecule has 1 aliphatic rings. The molecule has 0 bridgehead atoms. The van der Waals surface area contributed by atoms with Crippen LogP contribution < -0.4 is 10.2 Å². The predicted octanol–water partition coefficient (Wildman–Crippen LogP) is 2.46. The van der Waals surface area contributed by atoms with Gasteiger partial charge >= 0.3 is 6.03 Å². The number of carbonyl (C=O) groups is 1. The highest BCUT2D eigenvalue weighted by Crippen LogP contribution is 2.21. The monoisotopic (exact) mass is 337 g/mol. The summed E-state index contributed by atoms with van der Waals surface area (Å²) in [4.78, 5) is 15.9. The number of urea groups is 1. The number of anilines is 1. The summed E-state index contributed by atoms with van der Waals surface area (Å²) >= 11 is 0. The molecule has 1 aromatic rings. The first-order valence-corrected chi connectivity index (χ1v) is 8.56. The number of nitrogens with one attached hydrogen (secondary N) is 1.